The van der Waals surface area contributed by atoms with Crippen LogP contribution >= 0.6 is 23.2 Å². The zero-order valence-corrected chi connectivity index (χ0v) is 25.3. The normalized spacial score (nSPS) is 17.8. The van der Waals surface area contributed by atoms with Crippen LogP contribution in [0.2, 0.25) is 10.0 Å². The average Bonchev–Trinajstić information content (AvgIpc) is 3.71. The Morgan fingerprint density at radius 3 is 2.12 bits per heavy atom. The number of aliphatic carboxylic acids is 1. The number of hydrogen-bond donors (Lipinski definition) is 2. The highest BCUT2D eigenvalue weighted by molar-refractivity contribution is 7.89. The number of ether oxygens (including phenoxy) is 1. The predicted octanol–water partition coefficient (Wildman–Crippen LogP) is 6.28. The van der Waals surface area contributed by atoms with Gasteiger partial charge in [0.2, 0.25) is 10.0 Å². The quantitative estimate of drug-likeness (QED) is 0.317. The van der Waals surface area contributed by atoms with Crippen molar-refractivity contribution in [3.8, 4) is 5.75 Å². The van der Waals surface area contributed by atoms with Gasteiger partial charge in [-0.3, -0.25) is 9.69 Å². The molecule has 1 aliphatic carbocycles. The molecule has 0 bridgehead atoms. The Balaban J connectivity index is 0.000000646. The lowest BCUT2D eigenvalue weighted by Gasteiger charge is -2.39. The summed E-state index contributed by atoms with van der Waals surface area (Å²) in [6, 6.07) is 7.75. The number of hydrogen-bond acceptors (Lipinski definition) is 6. The minimum absolute atomic E-state index is 0.00728. The number of carbonyl (C=O) groups is 2. The molecular formula is C27H29Cl2F5N2O6S. The number of halogens is 7. The summed E-state index contributed by atoms with van der Waals surface area (Å²) in [6.45, 7) is 2.78. The minimum Gasteiger partial charge on any atom is -0.490 e. The van der Waals surface area contributed by atoms with Crippen LogP contribution in [0.1, 0.15) is 66.1 Å². The van der Waals surface area contributed by atoms with E-state index in [1.54, 1.807) is 10.8 Å². The monoisotopic (exact) mass is 674 g/mol. The molecular weight excluding hydrogens is 646 g/mol. The fourth-order valence-electron chi connectivity index (χ4n) is 4.50. The van der Waals surface area contributed by atoms with Crippen LogP contribution in [0.25, 0.3) is 0 Å². The third kappa shape index (κ3) is 10.2. The van der Waals surface area contributed by atoms with Gasteiger partial charge in [0.25, 0.3) is 5.91 Å². The Labute approximate surface area is 255 Å². The van der Waals surface area contributed by atoms with Crippen molar-refractivity contribution in [3.05, 3.63) is 62.9 Å². The fourth-order valence-corrected chi connectivity index (χ4v) is 5.49. The first-order valence-electron chi connectivity index (χ1n) is 13.0. The molecule has 43 heavy (non-hydrogen) atoms. The van der Waals surface area contributed by atoms with E-state index in [0.717, 1.165) is 30.7 Å². The van der Waals surface area contributed by atoms with E-state index in [0.29, 0.717) is 28.7 Å². The molecule has 0 unspecified atom stereocenters. The van der Waals surface area contributed by atoms with E-state index in [1.807, 2.05) is 19.1 Å². The summed E-state index contributed by atoms with van der Waals surface area (Å²) in [4.78, 5) is 23.3. The molecule has 1 saturated heterocycles. The molecule has 1 atom stereocenters. The second-order valence-electron chi connectivity index (χ2n) is 10.5. The molecule has 2 N–H and O–H groups in total. The molecule has 2 aromatic carbocycles. The number of carboxylic acid groups (broad SMARTS) is 1. The fraction of sp³-hybridized carbons (Fsp3) is 0.481. The SMILES string of the molecule is C[C@@H](c1cc(Cl)cc(Cl)c1)N1CCC(F)(COc2cc(F)c(C(=O)NS(C)(=O)=O)cc2C2CC2)CC1.O=C(O)C(F)(F)F. The van der Waals surface area contributed by atoms with Crippen LogP contribution in [0, 0.1) is 5.82 Å². The molecule has 1 saturated carbocycles. The third-order valence-electron chi connectivity index (χ3n) is 6.98. The lowest BCUT2D eigenvalue weighted by molar-refractivity contribution is -0.192. The predicted molar refractivity (Wildman–Crippen MR) is 149 cm³/mol. The molecule has 4 rings (SSSR count). The minimum atomic E-state index is -5.08. The van der Waals surface area contributed by atoms with Crippen LogP contribution in [0.3, 0.4) is 0 Å². The van der Waals surface area contributed by atoms with Crippen LogP contribution in [-0.2, 0) is 14.8 Å². The van der Waals surface area contributed by atoms with Crippen LogP contribution in [0.4, 0.5) is 22.0 Å². The second-order valence-corrected chi connectivity index (χ2v) is 13.1. The first-order valence-corrected chi connectivity index (χ1v) is 15.6. The van der Waals surface area contributed by atoms with E-state index in [2.05, 4.69) is 4.90 Å². The van der Waals surface area contributed by atoms with E-state index >= 15 is 4.39 Å². The molecule has 0 spiro atoms. The van der Waals surface area contributed by atoms with E-state index in [1.165, 1.54) is 6.07 Å². The van der Waals surface area contributed by atoms with Crippen molar-refractivity contribution < 1.29 is 49.8 Å². The summed E-state index contributed by atoms with van der Waals surface area (Å²) < 4.78 is 92.4. The van der Waals surface area contributed by atoms with Gasteiger partial charge in [-0.05, 0) is 73.9 Å². The zero-order valence-electron chi connectivity index (χ0n) is 23.0. The molecule has 1 aliphatic heterocycles. The van der Waals surface area contributed by atoms with Crippen molar-refractivity contribution >= 4 is 45.1 Å². The number of piperidine rings is 1. The van der Waals surface area contributed by atoms with E-state index in [-0.39, 0.29) is 42.7 Å². The number of carbonyl (C=O) groups excluding carboxylic acids is 1. The Morgan fingerprint density at radius 1 is 1.12 bits per heavy atom. The highest BCUT2D eigenvalue weighted by Gasteiger charge is 2.39. The van der Waals surface area contributed by atoms with E-state index < -0.39 is 39.6 Å². The molecule has 238 valence electrons. The van der Waals surface area contributed by atoms with Gasteiger partial charge in [-0.2, -0.15) is 13.2 Å². The molecule has 1 heterocycles. The summed E-state index contributed by atoms with van der Waals surface area (Å²) in [6.07, 6.45) is -2.13. The molecule has 8 nitrogen and oxygen atoms in total. The maximum absolute atomic E-state index is 15.6. The number of nitrogens with one attached hydrogen (secondary N) is 1. The van der Waals surface area contributed by atoms with Crippen LogP contribution in [0.15, 0.2) is 30.3 Å². The summed E-state index contributed by atoms with van der Waals surface area (Å²) in [5.74, 6) is -4.48. The lowest BCUT2D eigenvalue weighted by atomic mass is 9.92. The van der Waals surface area contributed by atoms with Gasteiger partial charge in [-0.25, -0.2) is 26.7 Å². The highest BCUT2D eigenvalue weighted by atomic mass is 35.5. The second kappa shape index (κ2) is 13.5. The molecule has 0 aromatic heterocycles. The lowest BCUT2D eigenvalue weighted by Crippen LogP contribution is -2.45. The van der Waals surface area contributed by atoms with E-state index in [4.69, 9.17) is 37.8 Å². The Hall–Kier alpha value is -2.68. The van der Waals surface area contributed by atoms with E-state index in [9.17, 15) is 30.8 Å². The standard InChI is InChI=1S/C25H28Cl2F2N2O4S.C2HF3O2/c1-15(17-9-18(26)11-19(27)10-17)31-7-5-25(29,6-8-31)14-35-23-13-22(28)21(12-20(23)16-3-4-16)24(32)30-36(2,33)34;3-2(4,5)1(6)7/h9-13,15-16H,3-8,14H2,1-2H3,(H,30,32);(H,6,7)/t15-;/m0./s1. The zero-order chi connectivity index (χ0) is 32.3. The summed E-state index contributed by atoms with van der Waals surface area (Å²) in [5.41, 5.74) is -0.429. The van der Waals surface area contributed by atoms with Crippen LogP contribution in [0.5, 0.6) is 5.75 Å². The number of carboxylic acids is 1. The number of likely N-dealkylation sites (tertiary alicyclic amines) is 1. The topological polar surface area (TPSA) is 113 Å². The Bertz CT molecular complexity index is 1440. The molecule has 0 radical (unpaired) electrons. The van der Waals surface area contributed by atoms with Gasteiger partial charge >= 0.3 is 12.1 Å². The van der Waals surface area contributed by atoms with Gasteiger partial charge in [0, 0.05) is 35.2 Å². The number of sulfonamides is 1. The number of amides is 1. The summed E-state index contributed by atoms with van der Waals surface area (Å²) in [7, 11) is -3.85. The number of benzene rings is 2. The van der Waals surface area contributed by atoms with Gasteiger partial charge in [0.15, 0.2) is 0 Å². The van der Waals surface area contributed by atoms with Crippen LogP contribution < -0.4 is 9.46 Å². The molecule has 16 heteroatoms. The van der Waals surface area contributed by atoms with Gasteiger partial charge in [0.05, 0.1) is 11.8 Å². The molecule has 1 amide bonds. The number of alkyl halides is 4. The molecule has 2 aliphatic rings. The highest BCUT2D eigenvalue weighted by Crippen LogP contribution is 2.45. The molecule has 2 aromatic rings. The van der Waals surface area contributed by atoms with Crippen molar-refractivity contribution in [1.29, 1.82) is 0 Å². The molecule has 2 fully saturated rings. The van der Waals surface area contributed by atoms with Crippen LogP contribution in [-0.4, -0.2) is 68.1 Å². The third-order valence-corrected chi connectivity index (χ3v) is 7.97. The van der Waals surface area contributed by atoms with Crippen molar-refractivity contribution in [2.75, 3.05) is 26.0 Å². The smallest absolute Gasteiger partial charge is 0.490 e. The largest absolute Gasteiger partial charge is 0.490 e. The number of nitrogens with zero attached hydrogens (tertiary/aromatic N) is 1. The summed E-state index contributed by atoms with van der Waals surface area (Å²) >= 11 is 12.3. The van der Waals surface area contributed by atoms with Gasteiger partial charge in [-0.1, -0.05) is 23.2 Å². The first-order chi connectivity index (χ1) is 19.8. The Kier molecular flexibility index (Phi) is 11.0. The maximum Gasteiger partial charge on any atom is 0.490 e. The average molecular weight is 676 g/mol. The maximum atomic E-state index is 15.6. The van der Waals surface area contributed by atoms with Crippen molar-refractivity contribution in [3.63, 3.8) is 0 Å². The van der Waals surface area contributed by atoms with Gasteiger partial charge < -0.3 is 9.84 Å². The first kappa shape index (κ1) is 34.8. The van der Waals surface area contributed by atoms with Gasteiger partial charge in [0.1, 0.15) is 23.8 Å². The van der Waals surface area contributed by atoms with Crippen molar-refractivity contribution in [1.82, 2.24) is 9.62 Å². The summed E-state index contributed by atoms with van der Waals surface area (Å²) in [5, 5.41) is 8.22. The number of rotatable bonds is 8. The van der Waals surface area contributed by atoms with Crippen molar-refractivity contribution in [2.24, 2.45) is 0 Å². The van der Waals surface area contributed by atoms with Gasteiger partial charge in [-0.15, -0.1) is 0 Å². The van der Waals surface area contributed by atoms with Crippen molar-refractivity contribution in [2.45, 2.75) is 56.4 Å². The Morgan fingerprint density at radius 2 is 1.65 bits per heavy atom.